The van der Waals surface area contributed by atoms with Gasteiger partial charge < -0.3 is 10.1 Å². The summed E-state index contributed by atoms with van der Waals surface area (Å²) in [7, 11) is 0. The molecule has 1 rings (SSSR count). The SMILES string of the molecule is CC(F)(F)C1COCCN1.Cl. The van der Waals surface area contributed by atoms with Crippen LogP contribution in [-0.2, 0) is 4.74 Å². The summed E-state index contributed by atoms with van der Waals surface area (Å²) in [4.78, 5) is 0. The van der Waals surface area contributed by atoms with Gasteiger partial charge in [0.25, 0.3) is 5.92 Å². The molecule has 5 heteroatoms. The number of alkyl halides is 2. The van der Waals surface area contributed by atoms with Gasteiger partial charge in [-0.3, -0.25) is 0 Å². The Labute approximate surface area is 70.7 Å². The smallest absolute Gasteiger partial charge is 0.262 e. The van der Waals surface area contributed by atoms with Gasteiger partial charge in [0.2, 0.25) is 0 Å². The molecule has 0 aromatic heterocycles. The molecule has 0 spiro atoms. The Balaban J connectivity index is 0.000001000. The molecule has 1 N–H and O–H groups in total. The van der Waals surface area contributed by atoms with Crippen molar-refractivity contribution in [3.05, 3.63) is 0 Å². The minimum atomic E-state index is -2.67. The second kappa shape index (κ2) is 4.18. The van der Waals surface area contributed by atoms with E-state index in [4.69, 9.17) is 4.74 Å². The van der Waals surface area contributed by atoms with Crippen LogP contribution in [0.3, 0.4) is 0 Å². The largest absolute Gasteiger partial charge is 0.378 e. The third kappa shape index (κ3) is 3.31. The van der Waals surface area contributed by atoms with E-state index in [9.17, 15) is 8.78 Å². The van der Waals surface area contributed by atoms with E-state index in [1.54, 1.807) is 0 Å². The second-order valence-electron chi connectivity index (χ2n) is 2.54. The maximum absolute atomic E-state index is 12.5. The van der Waals surface area contributed by atoms with Gasteiger partial charge in [0.1, 0.15) is 0 Å². The van der Waals surface area contributed by atoms with Crippen LogP contribution in [-0.4, -0.2) is 31.7 Å². The summed E-state index contributed by atoms with van der Waals surface area (Å²) in [5.74, 6) is -2.67. The molecule has 0 saturated carbocycles. The van der Waals surface area contributed by atoms with Crippen LogP contribution in [0.4, 0.5) is 8.78 Å². The van der Waals surface area contributed by atoms with E-state index < -0.39 is 12.0 Å². The predicted octanol–water partition coefficient (Wildman–Crippen LogP) is 1.05. The first-order valence-electron chi connectivity index (χ1n) is 3.29. The highest BCUT2D eigenvalue weighted by atomic mass is 35.5. The number of halogens is 3. The molecular formula is C6H12ClF2NO. The topological polar surface area (TPSA) is 21.3 Å². The van der Waals surface area contributed by atoms with E-state index in [0.717, 1.165) is 6.92 Å². The number of hydrogen-bond acceptors (Lipinski definition) is 2. The number of morpholine rings is 1. The van der Waals surface area contributed by atoms with Crippen LogP contribution in [0.5, 0.6) is 0 Å². The molecule has 68 valence electrons. The number of hydrogen-bond donors (Lipinski definition) is 1. The lowest BCUT2D eigenvalue weighted by Crippen LogP contribution is -2.51. The van der Waals surface area contributed by atoms with Crippen molar-refractivity contribution in [2.45, 2.75) is 18.9 Å². The zero-order chi connectivity index (χ0) is 7.61. The van der Waals surface area contributed by atoms with Crippen molar-refractivity contribution in [3.63, 3.8) is 0 Å². The molecule has 0 aliphatic carbocycles. The molecule has 0 radical (unpaired) electrons. The van der Waals surface area contributed by atoms with Crippen LogP contribution in [0.25, 0.3) is 0 Å². The molecular weight excluding hydrogens is 176 g/mol. The van der Waals surface area contributed by atoms with Crippen LogP contribution < -0.4 is 5.32 Å². The molecule has 0 amide bonds. The third-order valence-electron chi connectivity index (χ3n) is 1.53. The first-order chi connectivity index (χ1) is 4.61. The quantitative estimate of drug-likeness (QED) is 0.663. The van der Waals surface area contributed by atoms with Crippen molar-refractivity contribution >= 4 is 12.4 Å². The zero-order valence-corrected chi connectivity index (χ0v) is 7.09. The average molecular weight is 188 g/mol. The Kier molecular flexibility index (Phi) is 4.21. The van der Waals surface area contributed by atoms with Gasteiger partial charge in [0, 0.05) is 13.5 Å². The monoisotopic (exact) mass is 187 g/mol. The molecule has 1 heterocycles. The summed E-state index contributed by atoms with van der Waals surface area (Å²) in [5, 5.41) is 2.68. The van der Waals surface area contributed by atoms with Gasteiger partial charge in [-0.05, 0) is 0 Å². The van der Waals surface area contributed by atoms with Gasteiger partial charge in [-0.2, -0.15) is 0 Å². The first kappa shape index (κ1) is 11.1. The highest BCUT2D eigenvalue weighted by molar-refractivity contribution is 5.85. The number of nitrogens with one attached hydrogen (secondary N) is 1. The van der Waals surface area contributed by atoms with Crippen molar-refractivity contribution < 1.29 is 13.5 Å². The minimum absolute atomic E-state index is 0. The highest BCUT2D eigenvalue weighted by Crippen LogP contribution is 2.18. The standard InChI is InChI=1S/C6H11F2NO.ClH/c1-6(7,8)5-4-10-3-2-9-5;/h5,9H,2-4H2,1H3;1H. The summed E-state index contributed by atoms with van der Waals surface area (Å²) < 4.78 is 29.8. The van der Waals surface area contributed by atoms with Gasteiger partial charge >= 0.3 is 0 Å². The molecule has 1 fully saturated rings. The summed E-state index contributed by atoms with van der Waals surface area (Å²) in [6.07, 6.45) is 0. The van der Waals surface area contributed by atoms with Crippen LogP contribution in [0, 0.1) is 0 Å². The van der Waals surface area contributed by atoms with Gasteiger partial charge in [-0.25, -0.2) is 8.78 Å². The summed E-state index contributed by atoms with van der Waals surface area (Å²) >= 11 is 0. The number of rotatable bonds is 1. The van der Waals surface area contributed by atoms with Crippen molar-refractivity contribution in [2.75, 3.05) is 19.8 Å². The Morgan fingerprint density at radius 2 is 2.18 bits per heavy atom. The van der Waals surface area contributed by atoms with E-state index in [1.165, 1.54) is 0 Å². The van der Waals surface area contributed by atoms with Crippen LogP contribution >= 0.6 is 12.4 Å². The summed E-state index contributed by atoms with van der Waals surface area (Å²) in [6, 6.07) is -0.804. The Bertz CT molecular complexity index is 112. The Morgan fingerprint density at radius 1 is 1.55 bits per heavy atom. The van der Waals surface area contributed by atoms with Crippen LogP contribution in [0.15, 0.2) is 0 Å². The van der Waals surface area contributed by atoms with E-state index in [0.29, 0.717) is 13.2 Å². The van der Waals surface area contributed by atoms with Crippen molar-refractivity contribution in [1.29, 1.82) is 0 Å². The van der Waals surface area contributed by atoms with Gasteiger partial charge in [0.15, 0.2) is 0 Å². The average Bonchev–Trinajstić information content (AvgIpc) is 1.88. The minimum Gasteiger partial charge on any atom is -0.378 e. The lowest BCUT2D eigenvalue weighted by molar-refractivity contribution is -0.0665. The summed E-state index contributed by atoms with van der Waals surface area (Å²) in [6.45, 7) is 2.07. The molecule has 0 aromatic carbocycles. The van der Waals surface area contributed by atoms with Gasteiger partial charge in [-0.15, -0.1) is 12.4 Å². The van der Waals surface area contributed by atoms with Gasteiger partial charge in [-0.1, -0.05) is 0 Å². The zero-order valence-electron chi connectivity index (χ0n) is 6.27. The third-order valence-corrected chi connectivity index (χ3v) is 1.53. The maximum Gasteiger partial charge on any atom is 0.262 e. The van der Waals surface area contributed by atoms with E-state index in [2.05, 4.69) is 5.32 Å². The fourth-order valence-electron chi connectivity index (χ4n) is 0.891. The lowest BCUT2D eigenvalue weighted by Gasteiger charge is -2.28. The van der Waals surface area contributed by atoms with Crippen LogP contribution in [0.1, 0.15) is 6.92 Å². The fourth-order valence-corrected chi connectivity index (χ4v) is 0.891. The number of ether oxygens (including phenoxy) is 1. The van der Waals surface area contributed by atoms with Crippen molar-refractivity contribution in [3.8, 4) is 0 Å². The molecule has 0 bridgehead atoms. The van der Waals surface area contributed by atoms with Crippen LogP contribution in [0.2, 0.25) is 0 Å². The van der Waals surface area contributed by atoms with E-state index in [1.807, 2.05) is 0 Å². The molecule has 1 unspecified atom stereocenters. The molecule has 1 atom stereocenters. The molecule has 2 nitrogen and oxygen atoms in total. The van der Waals surface area contributed by atoms with Crippen molar-refractivity contribution in [2.24, 2.45) is 0 Å². The second-order valence-corrected chi connectivity index (χ2v) is 2.54. The van der Waals surface area contributed by atoms with Gasteiger partial charge in [0.05, 0.1) is 19.3 Å². The molecule has 1 aliphatic heterocycles. The maximum atomic E-state index is 12.5. The van der Waals surface area contributed by atoms with Crippen molar-refractivity contribution in [1.82, 2.24) is 5.32 Å². The lowest BCUT2D eigenvalue weighted by atomic mass is 10.1. The van der Waals surface area contributed by atoms with E-state index in [-0.39, 0.29) is 19.0 Å². The highest BCUT2D eigenvalue weighted by Gasteiger charge is 2.35. The molecule has 1 saturated heterocycles. The Morgan fingerprint density at radius 3 is 2.45 bits per heavy atom. The molecule has 11 heavy (non-hydrogen) atoms. The Hall–Kier alpha value is 0.0700. The molecule has 0 aromatic rings. The fraction of sp³-hybridized carbons (Fsp3) is 1.00. The molecule has 1 aliphatic rings. The first-order valence-corrected chi connectivity index (χ1v) is 3.29. The normalized spacial score (nSPS) is 25.9. The van der Waals surface area contributed by atoms with E-state index >= 15 is 0 Å². The summed E-state index contributed by atoms with van der Waals surface area (Å²) in [5.41, 5.74) is 0. The predicted molar refractivity (Wildman–Crippen MR) is 40.5 cm³/mol.